The molecule has 0 aromatic heterocycles. The molecule has 1 rings (SSSR count). The van der Waals surface area contributed by atoms with Crippen LogP contribution in [0.4, 0.5) is 0 Å². The largest absolute Gasteiger partial charge is 0.222 e. The van der Waals surface area contributed by atoms with E-state index in [1.807, 2.05) is 0 Å². The summed E-state index contributed by atoms with van der Waals surface area (Å²) in [4.78, 5) is 0.240. The van der Waals surface area contributed by atoms with Crippen LogP contribution in [-0.2, 0) is 9.84 Å². The van der Waals surface area contributed by atoms with E-state index in [0.717, 1.165) is 0 Å². The smallest absolute Gasteiger partial charge is 0.194 e. The van der Waals surface area contributed by atoms with Gasteiger partial charge in [0.25, 0.3) is 0 Å². The molecule has 0 heterocycles. The van der Waals surface area contributed by atoms with Crippen LogP contribution in [-0.4, -0.2) is 13.1 Å². The van der Waals surface area contributed by atoms with Crippen molar-refractivity contribution in [3.05, 3.63) is 30.3 Å². The standard InChI is InChI=1S/C8H8ClO2S/c1-7(9)12(10,11)8-5-3-2-4-6-8/h3-7H,1H3. The molecule has 0 spiro atoms. The van der Waals surface area contributed by atoms with Gasteiger partial charge in [-0.3, -0.25) is 0 Å². The lowest BCUT2D eigenvalue weighted by Gasteiger charge is -2.04. The Labute approximate surface area is 77.1 Å². The Hall–Kier alpha value is -0.540. The summed E-state index contributed by atoms with van der Waals surface area (Å²) >= 11 is 5.51. The average Bonchev–Trinajstić information content (AvgIpc) is 2.06. The molecule has 0 fully saturated rings. The molecule has 1 unspecified atom stereocenters. The topological polar surface area (TPSA) is 34.1 Å². The molecule has 0 amide bonds. The Morgan fingerprint density at radius 3 is 2.33 bits per heavy atom. The molecular formula is C8H8ClO2S. The van der Waals surface area contributed by atoms with Gasteiger partial charge in [0, 0.05) is 0 Å². The Kier molecular flexibility index (Phi) is 2.75. The fourth-order valence-corrected chi connectivity index (χ4v) is 1.95. The molecule has 1 aromatic rings. The summed E-state index contributed by atoms with van der Waals surface area (Å²) in [6.07, 6.45) is 0. The lowest BCUT2D eigenvalue weighted by molar-refractivity contribution is 0.594. The molecule has 4 heteroatoms. The molecule has 0 saturated heterocycles. The summed E-state index contributed by atoms with van der Waals surface area (Å²) in [5.74, 6) is 0. The van der Waals surface area contributed by atoms with Crippen LogP contribution in [0.5, 0.6) is 0 Å². The van der Waals surface area contributed by atoms with Crippen molar-refractivity contribution in [2.45, 2.75) is 16.5 Å². The van der Waals surface area contributed by atoms with Crippen molar-refractivity contribution in [2.24, 2.45) is 0 Å². The van der Waals surface area contributed by atoms with Gasteiger partial charge in [-0.05, 0) is 25.1 Å². The van der Waals surface area contributed by atoms with Crippen LogP contribution in [0.3, 0.4) is 0 Å². The molecule has 65 valence electrons. The van der Waals surface area contributed by atoms with Gasteiger partial charge in [-0.25, -0.2) is 8.42 Å². The van der Waals surface area contributed by atoms with Crippen molar-refractivity contribution in [3.8, 4) is 0 Å². The lowest BCUT2D eigenvalue weighted by Crippen LogP contribution is -2.11. The highest BCUT2D eigenvalue weighted by molar-refractivity contribution is 7.93. The molecule has 2 nitrogen and oxygen atoms in total. The van der Waals surface area contributed by atoms with Gasteiger partial charge < -0.3 is 0 Å². The highest BCUT2D eigenvalue weighted by Gasteiger charge is 2.19. The van der Waals surface area contributed by atoms with E-state index in [0.29, 0.717) is 0 Å². The van der Waals surface area contributed by atoms with Gasteiger partial charge in [0.2, 0.25) is 0 Å². The highest BCUT2D eigenvalue weighted by Crippen LogP contribution is 2.17. The molecule has 0 saturated carbocycles. The summed E-state index contributed by atoms with van der Waals surface area (Å²) in [6, 6.07) is 8.79. The molecular weight excluding hydrogens is 196 g/mol. The van der Waals surface area contributed by atoms with Crippen molar-refractivity contribution in [1.29, 1.82) is 0 Å². The van der Waals surface area contributed by atoms with Crippen LogP contribution in [0, 0.1) is 6.07 Å². The zero-order valence-corrected chi connectivity index (χ0v) is 8.06. The first-order valence-electron chi connectivity index (χ1n) is 3.39. The highest BCUT2D eigenvalue weighted by atomic mass is 35.5. The zero-order chi connectivity index (χ0) is 9.19. The van der Waals surface area contributed by atoms with Crippen LogP contribution in [0.2, 0.25) is 0 Å². The third-order valence-corrected chi connectivity index (χ3v) is 3.93. The van der Waals surface area contributed by atoms with Crippen molar-refractivity contribution in [3.63, 3.8) is 0 Å². The second-order valence-corrected chi connectivity index (χ2v) is 5.51. The minimum Gasteiger partial charge on any atom is -0.222 e. The van der Waals surface area contributed by atoms with Crippen molar-refractivity contribution < 1.29 is 8.42 Å². The number of hydrogen-bond donors (Lipinski definition) is 0. The quantitative estimate of drug-likeness (QED) is 0.688. The number of rotatable bonds is 2. The van der Waals surface area contributed by atoms with E-state index in [9.17, 15) is 8.42 Å². The molecule has 0 bridgehead atoms. The van der Waals surface area contributed by atoms with Crippen LogP contribution < -0.4 is 0 Å². The normalized spacial score (nSPS) is 14.2. The van der Waals surface area contributed by atoms with Gasteiger partial charge >= 0.3 is 0 Å². The predicted octanol–water partition coefficient (Wildman–Crippen LogP) is 1.85. The maximum absolute atomic E-state index is 11.4. The second-order valence-electron chi connectivity index (χ2n) is 2.32. The molecule has 0 aliphatic carbocycles. The van der Waals surface area contributed by atoms with Gasteiger partial charge in [0.05, 0.1) is 4.90 Å². The van der Waals surface area contributed by atoms with Gasteiger partial charge in [-0.15, -0.1) is 11.6 Å². The molecule has 0 N–H and O–H groups in total. The summed E-state index contributed by atoms with van der Waals surface area (Å²) in [5.41, 5.74) is 0. The predicted molar refractivity (Wildman–Crippen MR) is 47.8 cm³/mol. The van der Waals surface area contributed by atoms with E-state index < -0.39 is 14.5 Å². The first-order chi connectivity index (χ1) is 5.55. The van der Waals surface area contributed by atoms with E-state index in [4.69, 9.17) is 11.6 Å². The zero-order valence-electron chi connectivity index (χ0n) is 6.49. The minimum absolute atomic E-state index is 0.240. The van der Waals surface area contributed by atoms with Gasteiger partial charge in [-0.1, -0.05) is 12.1 Å². The molecule has 0 aliphatic heterocycles. The molecule has 1 radical (unpaired) electrons. The Morgan fingerprint density at radius 1 is 1.42 bits per heavy atom. The van der Waals surface area contributed by atoms with Gasteiger partial charge in [0.1, 0.15) is 4.71 Å². The van der Waals surface area contributed by atoms with Crippen LogP contribution in [0.15, 0.2) is 29.2 Å². The second kappa shape index (κ2) is 3.46. The molecule has 1 atom stereocenters. The van der Waals surface area contributed by atoms with E-state index in [-0.39, 0.29) is 4.90 Å². The summed E-state index contributed by atoms with van der Waals surface area (Å²) in [5, 5.41) is 0. The van der Waals surface area contributed by atoms with Crippen molar-refractivity contribution >= 4 is 21.4 Å². The number of halogens is 1. The maximum Gasteiger partial charge on any atom is 0.194 e. The Bertz CT molecular complexity index is 343. The monoisotopic (exact) mass is 203 g/mol. The minimum atomic E-state index is -3.33. The van der Waals surface area contributed by atoms with E-state index >= 15 is 0 Å². The fraction of sp³-hybridized carbons (Fsp3) is 0.250. The van der Waals surface area contributed by atoms with Crippen LogP contribution >= 0.6 is 11.6 Å². The van der Waals surface area contributed by atoms with E-state index in [2.05, 4.69) is 6.07 Å². The summed E-state index contributed by atoms with van der Waals surface area (Å²) < 4.78 is 21.9. The van der Waals surface area contributed by atoms with Crippen molar-refractivity contribution in [2.75, 3.05) is 0 Å². The maximum atomic E-state index is 11.4. The van der Waals surface area contributed by atoms with E-state index in [1.54, 1.807) is 12.1 Å². The van der Waals surface area contributed by atoms with Gasteiger partial charge in [0.15, 0.2) is 9.84 Å². The first-order valence-corrected chi connectivity index (χ1v) is 5.37. The summed E-state index contributed by atoms with van der Waals surface area (Å²) in [7, 11) is -3.33. The SMILES string of the molecule is CC(Cl)S(=O)(=O)c1cc[c]cc1. The van der Waals surface area contributed by atoms with Gasteiger partial charge in [-0.2, -0.15) is 0 Å². The van der Waals surface area contributed by atoms with Crippen LogP contribution in [0.25, 0.3) is 0 Å². The number of hydrogen-bond acceptors (Lipinski definition) is 2. The number of alkyl halides is 1. The third kappa shape index (κ3) is 1.79. The Balaban J connectivity index is 3.17. The van der Waals surface area contributed by atoms with E-state index in [1.165, 1.54) is 19.1 Å². The van der Waals surface area contributed by atoms with Crippen LogP contribution in [0.1, 0.15) is 6.92 Å². The Morgan fingerprint density at radius 2 is 1.92 bits per heavy atom. The first kappa shape index (κ1) is 9.55. The molecule has 1 aromatic carbocycles. The number of sulfone groups is 1. The third-order valence-electron chi connectivity index (χ3n) is 1.44. The molecule has 12 heavy (non-hydrogen) atoms. The molecule has 0 aliphatic rings. The van der Waals surface area contributed by atoms with Crippen molar-refractivity contribution in [1.82, 2.24) is 0 Å². The number of benzene rings is 1. The summed E-state index contributed by atoms with van der Waals surface area (Å²) in [6.45, 7) is 1.44. The average molecular weight is 204 g/mol. The lowest BCUT2D eigenvalue weighted by atomic mass is 10.4. The fourth-order valence-electron chi connectivity index (χ4n) is 0.749.